The Balaban J connectivity index is 1.65. The summed E-state index contributed by atoms with van der Waals surface area (Å²) in [5.74, 6) is -0.138. The third-order valence-corrected chi connectivity index (χ3v) is 4.14. The van der Waals surface area contributed by atoms with Crippen molar-refractivity contribution >= 4 is 44.8 Å². The number of carbonyl (C=O) groups excluding carboxylic acids is 2. The van der Waals surface area contributed by atoms with E-state index in [4.69, 9.17) is 0 Å². The van der Waals surface area contributed by atoms with Crippen LogP contribution in [-0.4, -0.2) is 18.4 Å². The highest BCUT2D eigenvalue weighted by molar-refractivity contribution is 9.10. The summed E-state index contributed by atoms with van der Waals surface area (Å²) >= 11 is 4.74. The Morgan fingerprint density at radius 2 is 1.90 bits per heavy atom. The lowest BCUT2D eigenvalue weighted by Crippen LogP contribution is -2.24. The number of amides is 2. The maximum Gasteiger partial charge on any atom is 0.261 e. The van der Waals surface area contributed by atoms with Gasteiger partial charge >= 0.3 is 0 Å². The quantitative estimate of drug-likeness (QED) is 0.766. The molecule has 0 bridgehead atoms. The van der Waals surface area contributed by atoms with Gasteiger partial charge in [0.1, 0.15) is 0 Å². The highest BCUT2D eigenvalue weighted by Crippen LogP contribution is 2.14. The van der Waals surface area contributed by atoms with Crippen LogP contribution in [0.5, 0.6) is 0 Å². The van der Waals surface area contributed by atoms with Crippen molar-refractivity contribution in [1.29, 1.82) is 0 Å². The minimum atomic E-state index is -0.0849. The Bertz CT molecular complexity index is 597. The second kappa shape index (κ2) is 7.95. The van der Waals surface area contributed by atoms with Crippen molar-refractivity contribution in [3.63, 3.8) is 0 Å². The van der Waals surface area contributed by atoms with Gasteiger partial charge in [-0.25, -0.2) is 0 Å². The van der Waals surface area contributed by atoms with Crippen LogP contribution in [0.4, 0.5) is 5.69 Å². The molecule has 0 aliphatic rings. The molecule has 0 fully saturated rings. The van der Waals surface area contributed by atoms with Gasteiger partial charge in [-0.05, 0) is 42.1 Å². The molecule has 0 radical (unpaired) electrons. The van der Waals surface area contributed by atoms with Gasteiger partial charge in [0.05, 0.1) is 4.88 Å². The number of carbonyl (C=O) groups is 2. The summed E-state index contributed by atoms with van der Waals surface area (Å²) in [7, 11) is 0. The fourth-order valence-electron chi connectivity index (χ4n) is 1.70. The number of hydrogen-bond acceptors (Lipinski definition) is 3. The maximum absolute atomic E-state index is 11.7. The number of rotatable bonds is 6. The summed E-state index contributed by atoms with van der Waals surface area (Å²) in [6.45, 7) is 0.491. The van der Waals surface area contributed by atoms with Gasteiger partial charge in [-0.15, -0.1) is 11.3 Å². The van der Waals surface area contributed by atoms with E-state index in [0.717, 1.165) is 10.2 Å². The van der Waals surface area contributed by atoms with Crippen LogP contribution in [0.1, 0.15) is 22.5 Å². The number of benzene rings is 1. The van der Waals surface area contributed by atoms with Crippen molar-refractivity contribution < 1.29 is 9.59 Å². The van der Waals surface area contributed by atoms with E-state index in [1.165, 1.54) is 11.3 Å². The van der Waals surface area contributed by atoms with E-state index in [2.05, 4.69) is 26.6 Å². The normalized spacial score (nSPS) is 10.1. The molecule has 1 aromatic heterocycles. The zero-order chi connectivity index (χ0) is 15.1. The summed E-state index contributed by atoms with van der Waals surface area (Å²) < 4.78 is 0.969. The summed E-state index contributed by atoms with van der Waals surface area (Å²) in [4.78, 5) is 24.1. The highest BCUT2D eigenvalue weighted by Gasteiger charge is 2.06. The van der Waals surface area contributed by atoms with E-state index >= 15 is 0 Å². The van der Waals surface area contributed by atoms with Crippen molar-refractivity contribution in [3.05, 3.63) is 51.1 Å². The topological polar surface area (TPSA) is 58.2 Å². The third kappa shape index (κ3) is 5.32. The molecule has 2 aromatic rings. The Morgan fingerprint density at radius 1 is 1.14 bits per heavy atom. The first-order valence-corrected chi connectivity index (χ1v) is 8.19. The number of thiophene rings is 1. The van der Waals surface area contributed by atoms with Gasteiger partial charge < -0.3 is 10.6 Å². The van der Waals surface area contributed by atoms with Gasteiger partial charge in [-0.3, -0.25) is 9.59 Å². The lowest BCUT2D eigenvalue weighted by Gasteiger charge is -2.06. The van der Waals surface area contributed by atoms with E-state index < -0.39 is 0 Å². The van der Waals surface area contributed by atoms with E-state index in [0.29, 0.717) is 24.3 Å². The predicted octanol–water partition coefficient (Wildman–Crippen LogP) is 3.66. The first-order valence-electron chi connectivity index (χ1n) is 6.52. The number of anilines is 1. The zero-order valence-corrected chi connectivity index (χ0v) is 13.7. The smallest absolute Gasteiger partial charge is 0.261 e. The van der Waals surface area contributed by atoms with Crippen molar-refractivity contribution in [3.8, 4) is 0 Å². The third-order valence-electron chi connectivity index (χ3n) is 2.74. The Morgan fingerprint density at radius 3 is 2.57 bits per heavy atom. The van der Waals surface area contributed by atoms with Gasteiger partial charge in [-0.2, -0.15) is 0 Å². The first-order chi connectivity index (χ1) is 10.1. The largest absolute Gasteiger partial charge is 0.351 e. The molecule has 0 spiro atoms. The molecule has 0 saturated carbocycles. The number of nitrogens with one attached hydrogen (secondary N) is 2. The lowest BCUT2D eigenvalue weighted by atomic mass is 10.2. The highest BCUT2D eigenvalue weighted by atomic mass is 79.9. The fraction of sp³-hybridized carbons (Fsp3) is 0.200. The Hall–Kier alpha value is -1.66. The van der Waals surface area contributed by atoms with Crippen LogP contribution in [0.2, 0.25) is 0 Å². The Kier molecular flexibility index (Phi) is 5.95. The van der Waals surface area contributed by atoms with E-state index in [9.17, 15) is 9.59 Å². The molecule has 0 atom stereocenters. The standard InChI is InChI=1S/C15H15BrN2O2S/c16-11-5-7-12(8-6-11)18-14(19)4-1-9-17-15(20)13-3-2-10-21-13/h2-3,5-8,10H,1,4,9H2,(H,17,20)(H,18,19). The molecule has 4 nitrogen and oxygen atoms in total. The van der Waals surface area contributed by atoms with Crippen LogP contribution in [0.15, 0.2) is 46.3 Å². The lowest BCUT2D eigenvalue weighted by molar-refractivity contribution is -0.116. The average Bonchev–Trinajstić information content (AvgIpc) is 3.00. The van der Waals surface area contributed by atoms with Crippen LogP contribution in [-0.2, 0) is 4.79 Å². The molecule has 110 valence electrons. The molecule has 21 heavy (non-hydrogen) atoms. The molecule has 0 unspecified atom stereocenters. The molecule has 0 saturated heterocycles. The second-order valence-corrected chi connectivity index (χ2v) is 6.26. The maximum atomic E-state index is 11.7. The molecular weight excluding hydrogens is 352 g/mol. The molecule has 2 N–H and O–H groups in total. The molecule has 1 aromatic carbocycles. The minimum absolute atomic E-state index is 0.0531. The molecule has 0 aliphatic heterocycles. The number of halogens is 1. The molecule has 6 heteroatoms. The molecule has 2 rings (SSSR count). The van der Waals surface area contributed by atoms with E-state index in [-0.39, 0.29) is 11.8 Å². The van der Waals surface area contributed by atoms with Gasteiger partial charge in [0.2, 0.25) is 5.91 Å². The van der Waals surface area contributed by atoms with Crippen LogP contribution < -0.4 is 10.6 Å². The average molecular weight is 367 g/mol. The molecular formula is C15H15BrN2O2S. The van der Waals surface area contributed by atoms with Crippen LogP contribution in [0.25, 0.3) is 0 Å². The first kappa shape index (κ1) is 15.7. The second-order valence-electron chi connectivity index (χ2n) is 4.39. The zero-order valence-electron chi connectivity index (χ0n) is 11.3. The van der Waals surface area contributed by atoms with Crippen molar-refractivity contribution in [2.45, 2.75) is 12.8 Å². The van der Waals surface area contributed by atoms with Gasteiger partial charge in [0.15, 0.2) is 0 Å². The summed E-state index contributed by atoms with van der Waals surface area (Å²) in [6.07, 6.45) is 0.986. The van der Waals surface area contributed by atoms with E-state index in [1.807, 2.05) is 35.7 Å². The van der Waals surface area contributed by atoms with Crippen molar-refractivity contribution in [2.75, 3.05) is 11.9 Å². The SMILES string of the molecule is O=C(CCCNC(=O)c1cccs1)Nc1ccc(Br)cc1. The monoisotopic (exact) mass is 366 g/mol. The molecule has 0 aliphatic carbocycles. The summed E-state index contributed by atoms with van der Waals surface area (Å²) in [5.41, 5.74) is 0.769. The van der Waals surface area contributed by atoms with Crippen LogP contribution in [0.3, 0.4) is 0 Å². The number of hydrogen-bond donors (Lipinski definition) is 2. The van der Waals surface area contributed by atoms with Crippen LogP contribution >= 0.6 is 27.3 Å². The van der Waals surface area contributed by atoms with Crippen molar-refractivity contribution in [2.24, 2.45) is 0 Å². The van der Waals surface area contributed by atoms with Crippen LogP contribution in [0, 0.1) is 0 Å². The van der Waals surface area contributed by atoms with Crippen molar-refractivity contribution in [1.82, 2.24) is 5.32 Å². The minimum Gasteiger partial charge on any atom is -0.351 e. The molecule has 2 amide bonds. The van der Waals surface area contributed by atoms with E-state index in [1.54, 1.807) is 6.07 Å². The van der Waals surface area contributed by atoms with Gasteiger partial charge in [0, 0.05) is 23.1 Å². The van der Waals surface area contributed by atoms with Gasteiger partial charge in [0.25, 0.3) is 5.91 Å². The molecule has 1 heterocycles. The summed E-state index contributed by atoms with van der Waals surface area (Å²) in [5, 5.41) is 7.47. The summed E-state index contributed by atoms with van der Waals surface area (Å²) in [6, 6.07) is 11.0. The fourth-order valence-corrected chi connectivity index (χ4v) is 2.61. The van der Waals surface area contributed by atoms with Gasteiger partial charge in [-0.1, -0.05) is 22.0 Å². The predicted molar refractivity (Wildman–Crippen MR) is 88.7 cm³/mol. The Labute approximate surface area is 135 Å².